The Morgan fingerprint density at radius 3 is 2.38 bits per heavy atom. The summed E-state index contributed by atoms with van der Waals surface area (Å²) in [7, 11) is 0. The van der Waals surface area contributed by atoms with Gasteiger partial charge in [0.15, 0.2) is 0 Å². The molecule has 0 fully saturated rings. The van der Waals surface area contributed by atoms with Crippen molar-refractivity contribution in [2.24, 2.45) is 0 Å². The maximum Gasteiger partial charge on any atom is 0.322 e. The summed E-state index contributed by atoms with van der Waals surface area (Å²) >= 11 is 10.5. The Balaban J connectivity index is 0.000000490. The number of hydrogen-bond acceptors (Lipinski definition) is 2. The first-order valence-corrected chi connectivity index (χ1v) is 2.42. The average Bonchev–Trinajstić information content (AvgIpc) is 1.87. The van der Waals surface area contributed by atoms with Crippen molar-refractivity contribution in [2.75, 3.05) is 0 Å². The first kappa shape index (κ1) is 8.61. The third-order valence-electron chi connectivity index (χ3n) is 0.473. The van der Waals surface area contributed by atoms with Crippen molar-refractivity contribution in [1.82, 2.24) is 0 Å². The van der Waals surface area contributed by atoms with Gasteiger partial charge in [0.05, 0.1) is 0 Å². The second kappa shape index (κ2) is 3.60. The van der Waals surface area contributed by atoms with Crippen LogP contribution in [0.25, 0.3) is 0 Å². The SMILES string of the molecule is ClC1=COC(Cl)O1.[W]. The topological polar surface area (TPSA) is 18.5 Å². The van der Waals surface area contributed by atoms with Gasteiger partial charge >= 0.3 is 5.75 Å². The molecule has 0 spiro atoms. The molecule has 1 rings (SSSR count). The van der Waals surface area contributed by atoms with Crippen LogP contribution in [-0.2, 0) is 30.5 Å². The third-order valence-corrected chi connectivity index (χ3v) is 0.843. The van der Waals surface area contributed by atoms with E-state index in [0.29, 0.717) is 0 Å². The van der Waals surface area contributed by atoms with E-state index in [9.17, 15) is 0 Å². The molecule has 5 heteroatoms. The summed E-state index contributed by atoms with van der Waals surface area (Å²) < 4.78 is 9.05. The Morgan fingerprint density at radius 1 is 1.62 bits per heavy atom. The van der Waals surface area contributed by atoms with Crippen LogP contribution in [0.3, 0.4) is 0 Å². The zero-order valence-corrected chi connectivity index (χ0v) is 8.08. The summed E-state index contributed by atoms with van der Waals surface area (Å²) in [5.74, 6) is -0.729. The minimum atomic E-state index is -0.729. The van der Waals surface area contributed by atoms with E-state index in [1.54, 1.807) is 0 Å². The number of hydrogen-bond donors (Lipinski definition) is 0. The van der Waals surface area contributed by atoms with Gasteiger partial charge in [-0.1, -0.05) is 0 Å². The van der Waals surface area contributed by atoms with Gasteiger partial charge < -0.3 is 9.47 Å². The Kier molecular flexibility index (Phi) is 3.87. The zero-order chi connectivity index (χ0) is 5.28. The molecule has 46 valence electrons. The molecule has 1 heterocycles. The van der Waals surface area contributed by atoms with Crippen molar-refractivity contribution >= 4 is 23.2 Å². The standard InChI is InChI=1S/C3H2Cl2O2.W/c4-2-1-6-3(5)7-2;/h1,3H;. The molecular formula is C3H2Cl2O2W. The fourth-order valence-corrected chi connectivity index (χ4v) is 0.576. The van der Waals surface area contributed by atoms with Crippen LogP contribution in [0.5, 0.6) is 0 Å². The largest absolute Gasteiger partial charge is 0.445 e. The molecule has 0 saturated carbocycles. The average molecular weight is 325 g/mol. The smallest absolute Gasteiger partial charge is 0.322 e. The Labute approximate surface area is 71.0 Å². The van der Waals surface area contributed by atoms with Gasteiger partial charge in [-0.2, -0.15) is 0 Å². The van der Waals surface area contributed by atoms with E-state index in [0.717, 1.165) is 0 Å². The second-order valence-electron chi connectivity index (χ2n) is 0.950. The van der Waals surface area contributed by atoms with E-state index < -0.39 is 5.75 Å². The van der Waals surface area contributed by atoms with Crippen LogP contribution in [0, 0.1) is 0 Å². The molecule has 1 unspecified atom stereocenters. The Morgan fingerprint density at radius 2 is 2.25 bits per heavy atom. The number of rotatable bonds is 0. The van der Waals surface area contributed by atoms with E-state index in [-0.39, 0.29) is 26.3 Å². The summed E-state index contributed by atoms with van der Waals surface area (Å²) in [5.41, 5.74) is 0. The number of alkyl halides is 1. The van der Waals surface area contributed by atoms with Crippen LogP contribution < -0.4 is 0 Å². The van der Waals surface area contributed by atoms with Gasteiger partial charge in [-0.05, 0) is 23.2 Å². The molecular weight excluding hydrogens is 323 g/mol. The quantitative estimate of drug-likeness (QED) is 0.630. The van der Waals surface area contributed by atoms with Crippen LogP contribution in [0.15, 0.2) is 11.5 Å². The van der Waals surface area contributed by atoms with Gasteiger partial charge in [-0.3, -0.25) is 0 Å². The van der Waals surface area contributed by atoms with E-state index in [2.05, 4.69) is 9.47 Å². The Bertz CT molecular complexity index is 105. The maximum absolute atomic E-state index is 5.24. The predicted octanol–water partition coefficient (Wildman–Crippen LogP) is 1.59. The van der Waals surface area contributed by atoms with Gasteiger partial charge in [0, 0.05) is 21.1 Å². The minimum Gasteiger partial charge on any atom is -0.445 e. The van der Waals surface area contributed by atoms with Crippen molar-refractivity contribution < 1.29 is 30.5 Å². The van der Waals surface area contributed by atoms with Gasteiger partial charge in [0.2, 0.25) is 5.22 Å². The van der Waals surface area contributed by atoms with Crippen molar-refractivity contribution in [3.8, 4) is 0 Å². The fraction of sp³-hybridized carbons (Fsp3) is 0.333. The molecule has 1 aliphatic heterocycles. The van der Waals surface area contributed by atoms with Crippen molar-refractivity contribution in [1.29, 1.82) is 0 Å². The summed E-state index contributed by atoms with van der Waals surface area (Å²) in [6.07, 6.45) is 1.25. The molecule has 0 radical (unpaired) electrons. The van der Waals surface area contributed by atoms with Crippen LogP contribution in [0.4, 0.5) is 0 Å². The third kappa shape index (κ3) is 2.25. The molecule has 1 aliphatic rings. The molecule has 0 saturated heterocycles. The summed E-state index contributed by atoms with van der Waals surface area (Å²) in [4.78, 5) is 0. The van der Waals surface area contributed by atoms with Crippen molar-refractivity contribution in [3.63, 3.8) is 0 Å². The normalized spacial score (nSPS) is 24.8. The molecule has 0 aliphatic carbocycles. The molecule has 0 aromatic heterocycles. The monoisotopic (exact) mass is 324 g/mol. The van der Waals surface area contributed by atoms with Crippen molar-refractivity contribution in [2.45, 2.75) is 5.75 Å². The van der Waals surface area contributed by atoms with Crippen LogP contribution >= 0.6 is 23.2 Å². The van der Waals surface area contributed by atoms with Gasteiger partial charge in [-0.25, -0.2) is 0 Å². The van der Waals surface area contributed by atoms with Crippen LogP contribution in [-0.4, -0.2) is 5.75 Å². The van der Waals surface area contributed by atoms with Gasteiger partial charge in [0.25, 0.3) is 0 Å². The summed E-state index contributed by atoms with van der Waals surface area (Å²) in [6.45, 7) is 0. The van der Waals surface area contributed by atoms with Crippen molar-refractivity contribution in [3.05, 3.63) is 11.5 Å². The fourth-order valence-electron chi connectivity index (χ4n) is 0.251. The first-order chi connectivity index (χ1) is 3.29. The molecule has 1 atom stereocenters. The second-order valence-corrected chi connectivity index (χ2v) is 1.68. The molecule has 2 nitrogen and oxygen atoms in total. The first-order valence-electron chi connectivity index (χ1n) is 1.61. The van der Waals surface area contributed by atoms with E-state index in [1.165, 1.54) is 6.26 Å². The summed E-state index contributed by atoms with van der Waals surface area (Å²) in [6, 6.07) is 0. The number of ether oxygens (including phenoxy) is 2. The van der Waals surface area contributed by atoms with Gasteiger partial charge in [0.1, 0.15) is 6.26 Å². The molecule has 0 bridgehead atoms. The predicted molar refractivity (Wildman–Crippen MR) is 25.7 cm³/mol. The van der Waals surface area contributed by atoms with Gasteiger partial charge in [-0.15, -0.1) is 0 Å². The minimum absolute atomic E-state index is 0. The summed E-state index contributed by atoms with van der Waals surface area (Å²) in [5, 5.41) is 0.194. The molecule has 0 aromatic rings. The zero-order valence-electron chi connectivity index (χ0n) is 3.64. The van der Waals surface area contributed by atoms with E-state index in [1.807, 2.05) is 0 Å². The van der Waals surface area contributed by atoms with Crippen LogP contribution in [0.1, 0.15) is 0 Å². The molecule has 8 heavy (non-hydrogen) atoms. The van der Waals surface area contributed by atoms with E-state index in [4.69, 9.17) is 23.2 Å². The van der Waals surface area contributed by atoms with Crippen LogP contribution in [0.2, 0.25) is 0 Å². The Hall–Kier alpha value is 0.608. The maximum atomic E-state index is 5.24. The molecule has 0 N–H and O–H groups in total. The molecule has 0 aromatic carbocycles. The van der Waals surface area contributed by atoms with E-state index >= 15 is 0 Å². The number of halogens is 2. The molecule has 0 amide bonds.